The maximum absolute atomic E-state index is 12.6. The van der Waals surface area contributed by atoms with Crippen LogP contribution in [-0.4, -0.2) is 36.9 Å². The lowest BCUT2D eigenvalue weighted by atomic mass is 9.94. The largest absolute Gasteiger partial charge is 0.504 e. The second kappa shape index (κ2) is 5.47. The lowest BCUT2D eigenvalue weighted by molar-refractivity contribution is 0.139. The van der Waals surface area contributed by atoms with E-state index in [0.717, 1.165) is 5.56 Å². The first-order valence-electron chi connectivity index (χ1n) is 7.71. The zero-order chi connectivity index (χ0) is 16.9. The molecule has 0 spiro atoms. The van der Waals surface area contributed by atoms with Crippen molar-refractivity contribution < 1.29 is 23.4 Å². The van der Waals surface area contributed by atoms with Crippen LogP contribution in [0.5, 0.6) is 11.5 Å². The first kappa shape index (κ1) is 15.4. The molecule has 2 aliphatic rings. The summed E-state index contributed by atoms with van der Waals surface area (Å²) in [6, 6.07) is 12.3. The molecule has 1 heterocycles. The van der Waals surface area contributed by atoms with E-state index >= 15 is 0 Å². The average Bonchev–Trinajstić information content (AvgIpc) is 3.06. The van der Waals surface area contributed by atoms with Gasteiger partial charge in [-0.15, -0.1) is 0 Å². The number of hydrogen-bond donors (Lipinski definition) is 3. The van der Waals surface area contributed by atoms with Crippen LogP contribution in [0.2, 0.25) is 0 Å². The van der Waals surface area contributed by atoms with Crippen LogP contribution in [0.1, 0.15) is 17.9 Å². The molecule has 126 valence electrons. The van der Waals surface area contributed by atoms with Gasteiger partial charge in [0.25, 0.3) is 0 Å². The zero-order valence-electron chi connectivity index (χ0n) is 12.7. The molecule has 7 heteroatoms. The number of nitrogens with one attached hydrogen (secondary N) is 1. The van der Waals surface area contributed by atoms with E-state index in [9.17, 15) is 18.6 Å². The quantitative estimate of drug-likeness (QED) is 0.779. The van der Waals surface area contributed by atoms with Crippen molar-refractivity contribution in [3.05, 3.63) is 54.1 Å². The Morgan fingerprint density at radius 3 is 2.58 bits per heavy atom. The topological polar surface area (TPSA) is 95.9 Å². The predicted molar refractivity (Wildman–Crippen MR) is 86.4 cm³/mol. The second-order valence-corrected chi connectivity index (χ2v) is 7.85. The van der Waals surface area contributed by atoms with E-state index in [4.69, 9.17) is 4.74 Å². The number of phenolic OH excluding ortho intramolecular Hbond substituents is 1. The fourth-order valence-corrected chi connectivity index (χ4v) is 4.91. The molecule has 4 rings (SSSR count). The fourth-order valence-electron chi connectivity index (χ4n) is 3.60. The molecule has 3 unspecified atom stereocenters. The summed E-state index contributed by atoms with van der Waals surface area (Å²) in [6.07, 6.45) is -0.901. The molecule has 6 nitrogen and oxygen atoms in total. The number of aromatic hydroxyl groups is 1. The number of sulfonamides is 1. The SMILES string of the molecule is O=S(=O)(NC1C(O)CC2Oc3c(O)cccc3[C@H]21)c1ccccc1. The maximum Gasteiger partial charge on any atom is 0.240 e. The van der Waals surface area contributed by atoms with Crippen molar-refractivity contribution in [2.45, 2.75) is 35.5 Å². The third-order valence-electron chi connectivity index (χ3n) is 4.67. The number of aliphatic hydroxyl groups excluding tert-OH is 1. The van der Waals surface area contributed by atoms with Gasteiger partial charge in [-0.25, -0.2) is 13.1 Å². The normalized spacial score (nSPS) is 28.2. The van der Waals surface area contributed by atoms with E-state index in [-0.39, 0.29) is 22.7 Å². The van der Waals surface area contributed by atoms with Crippen LogP contribution in [0.3, 0.4) is 0 Å². The van der Waals surface area contributed by atoms with Crippen molar-refractivity contribution in [3.63, 3.8) is 0 Å². The highest BCUT2D eigenvalue weighted by atomic mass is 32.2. The minimum Gasteiger partial charge on any atom is -0.504 e. The first-order valence-corrected chi connectivity index (χ1v) is 9.19. The molecule has 2 aromatic carbocycles. The molecule has 0 radical (unpaired) electrons. The number of benzene rings is 2. The molecule has 3 N–H and O–H groups in total. The van der Waals surface area contributed by atoms with E-state index in [1.165, 1.54) is 18.2 Å². The minimum atomic E-state index is -3.76. The van der Waals surface area contributed by atoms with Gasteiger partial charge in [0.15, 0.2) is 11.5 Å². The molecular weight excluding hydrogens is 330 g/mol. The Hall–Kier alpha value is -2.09. The van der Waals surface area contributed by atoms with E-state index < -0.39 is 22.2 Å². The standard InChI is InChI=1S/C17H17NO5S/c19-12-8-4-7-11-15-14(23-17(11)12)9-13(20)16(15)18-24(21,22)10-5-2-1-3-6-10/h1-8,13-16,18-20H,9H2/t13?,14?,15-,16?/m1/s1. The van der Waals surface area contributed by atoms with E-state index in [0.29, 0.717) is 12.2 Å². The number of para-hydroxylation sites is 1. The number of fused-ring (bicyclic) bond motifs is 3. The molecular formula is C17H17NO5S. The monoisotopic (exact) mass is 347 g/mol. The predicted octanol–water partition coefficient (Wildman–Crippen LogP) is 1.35. The summed E-state index contributed by atoms with van der Waals surface area (Å²) in [6.45, 7) is 0. The molecule has 0 saturated heterocycles. The number of ether oxygens (including phenoxy) is 1. The van der Waals surface area contributed by atoms with Gasteiger partial charge in [-0.3, -0.25) is 0 Å². The zero-order valence-corrected chi connectivity index (χ0v) is 13.5. The van der Waals surface area contributed by atoms with Crippen molar-refractivity contribution in [2.75, 3.05) is 0 Å². The van der Waals surface area contributed by atoms with E-state index in [1.807, 2.05) is 0 Å². The molecule has 0 amide bonds. The van der Waals surface area contributed by atoms with Crippen molar-refractivity contribution in [2.24, 2.45) is 0 Å². The molecule has 1 aliphatic carbocycles. The van der Waals surface area contributed by atoms with Crippen molar-refractivity contribution >= 4 is 10.0 Å². The fraction of sp³-hybridized carbons (Fsp3) is 0.294. The van der Waals surface area contributed by atoms with Crippen LogP contribution >= 0.6 is 0 Å². The van der Waals surface area contributed by atoms with Gasteiger partial charge >= 0.3 is 0 Å². The molecule has 4 atom stereocenters. The van der Waals surface area contributed by atoms with Crippen molar-refractivity contribution in [3.8, 4) is 11.5 Å². The van der Waals surface area contributed by atoms with Gasteiger partial charge in [0.2, 0.25) is 10.0 Å². The Morgan fingerprint density at radius 2 is 1.83 bits per heavy atom. The highest BCUT2D eigenvalue weighted by Gasteiger charge is 2.51. The third-order valence-corrected chi connectivity index (χ3v) is 6.15. The summed E-state index contributed by atoms with van der Waals surface area (Å²) in [5, 5.41) is 20.3. The minimum absolute atomic E-state index is 0.0288. The number of phenols is 1. The smallest absolute Gasteiger partial charge is 0.240 e. The van der Waals surface area contributed by atoms with Gasteiger partial charge < -0.3 is 14.9 Å². The van der Waals surface area contributed by atoms with E-state index in [2.05, 4.69) is 4.72 Å². The Balaban J connectivity index is 1.68. The summed E-state index contributed by atoms with van der Waals surface area (Å²) >= 11 is 0. The lowest BCUT2D eigenvalue weighted by Crippen LogP contribution is -2.43. The summed E-state index contributed by atoms with van der Waals surface area (Å²) in [7, 11) is -3.76. The summed E-state index contributed by atoms with van der Waals surface area (Å²) in [5.74, 6) is 0.0740. The van der Waals surface area contributed by atoms with Crippen molar-refractivity contribution in [1.29, 1.82) is 0 Å². The Morgan fingerprint density at radius 1 is 1.08 bits per heavy atom. The van der Waals surface area contributed by atoms with Crippen LogP contribution in [0.15, 0.2) is 53.4 Å². The first-order chi connectivity index (χ1) is 11.5. The molecule has 0 bridgehead atoms. The highest BCUT2D eigenvalue weighted by Crippen LogP contribution is 2.50. The van der Waals surface area contributed by atoms with Crippen LogP contribution in [0.4, 0.5) is 0 Å². The maximum atomic E-state index is 12.6. The number of aliphatic hydroxyl groups is 1. The van der Waals surface area contributed by atoms with Gasteiger partial charge in [0.1, 0.15) is 6.10 Å². The van der Waals surface area contributed by atoms with E-state index in [1.54, 1.807) is 30.3 Å². The van der Waals surface area contributed by atoms with Gasteiger partial charge in [0.05, 0.1) is 17.0 Å². The second-order valence-electron chi connectivity index (χ2n) is 6.14. The van der Waals surface area contributed by atoms with Crippen LogP contribution in [0.25, 0.3) is 0 Å². The summed E-state index contributed by atoms with van der Waals surface area (Å²) in [4.78, 5) is 0.149. The molecule has 1 saturated carbocycles. The van der Waals surface area contributed by atoms with Gasteiger partial charge in [0, 0.05) is 17.9 Å². The average molecular weight is 347 g/mol. The molecule has 1 aliphatic heterocycles. The molecule has 2 aromatic rings. The van der Waals surface area contributed by atoms with Gasteiger partial charge in [-0.1, -0.05) is 30.3 Å². The van der Waals surface area contributed by atoms with Crippen molar-refractivity contribution in [1.82, 2.24) is 4.72 Å². The Bertz CT molecular complexity index is 868. The molecule has 0 aromatic heterocycles. The molecule has 24 heavy (non-hydrogen) atoms. The summed E-state index contributed by atoms with van der Waals surface area (Å²) < 4.78 is 33.5. The highest BCUT2D eigenvalue weighted by molar-refractivity contribution is 7.89. The number of rotatable bonds is 3. The summed E-state index contributed by atoms with van der Waals surface area (Å²) in [5.41, 5.74) is 0.720. The Labute approximate surface area is 139 Å². The van der Waals surface area contributed by atoms with Crippen LogP contribution in [-0.2, 0) is 10.0 Å². The third kappa shape index (κ3) is 2.36. The van der Waals surface area contributed by atoms with Gasteiger partial charge in [-0.05, 0) is 18.2 Å². The van der Waals surface area contributed by atoms with Crippen LogP contribution < -0.4 is 9.46 Å². The lowest BCUT2D eigenvalue weighted by Gasteiger charge is -2.22. The molecule has 1 fully saturated rings. The van der Waals surface area contributed by atoms with Gasteiger partial charge in [-0.2, -0.15) is 0 Å². The van der Waals surface area contributed by atoms with Crippen LogP contribution in [0, 0.1) is 0 Å². The number of hydrogen-bond acceptors (Lipinski definition) is 5. The Kier molecular flexibility index (Phi) is 3.52.